The first-order chi connectivity index (χ1) is 7.74. The third kappa shape index (κ3) is 2.71. The van der Waals surface area contributed by atoms with E-state index >= 15 is 0 Å². The van der Waals surface area contributed by atoms with E-state index in [9.17, 15) is 5.11 Å². The largest absolute Gasteiger partial charge is 0.508 e. The molecule has 0 radical (unpaired) electrons. The summed E-state index contributed by atoms with van der Waals surface area (Å²) in [6.45, 7) is 1.98. The van der Waals surface area contributed by atoms with Gasteiger partial charge in [0.1, 0.15) is 5.75 Å². The topological polar surface area (TPSA) is 32.3 Å². The molecule has 1 fully saturated rings. The quantitative estimate of drug-likeness (QED) is 0.826. The summed E-state index contributed by atoms with van der Waals surface area (Å²) in [6.07, 6.45) is 6.27. The molecule has 1 saturated carbocycles. The highest BCUT2D eigenvalue weighted by Crippen LogP contribution is 2.42. The van der Waals surface area contributed by atoms with E-state index in [1.54, 1.807) is 12.1 Å². The lowest BCUT2D eigenvalue weighted by Crippen LogP contribution is -2.43. The third-order valence-corrected chi connectivity index (χ3v) is 4.83. The number of hydrogen-bond donors (Lipinski definition) is 2. The standard InChI is InChI=1S/C13H19NOS/c1-16-13(7-2-8-13)10-14-9-11-3-5-12(15)6-4-11/h3-6,14-15H,2,7-10H2,1H3. The van der Waals surface area contributed by atoms with Crippen molar-refractivity contribution in [2.24, 2.45) is 0 Å². The molecule has 2 rings (SSSR count). The lowest BCUT2D eigenvalue weighted by Gasteiger charge is -2.40. The number of aromatic hydroxyl groups is 1. The molecule has 0 aromatic heterocycles. The van der Waals surface area contributed by atoms with Crippen LogP contribution >= 0.6 is 11.8 Å². The number of thioether (sulfide) groups is 1. The predicted octanol–water partition coefficient (Wildman–Crippen LogP) is 2.77. The van der Waals surface area contributed by atoms with Crippen molar-refractivity contribution in [3.8, 4) is 5.75 Å². The molecule has 0 aliphatic heterocycles. The Morgan fingerprint density at radius 2 is 2.00 bits per heavy atom. The highest BCUT2D eigenvalue weighted by atomic mass is 32.2. The lowest BCUT2D eigenvalue weighted by atomic mass is 9.84. The molecule has 1 aromatic carbocycles. The summed E-state index contributed by atoms with van der Waals surface area (Å²) in [5, 5.41) is 12.7. The Hall–Kier alpha value is -0.670. The monoisotopic (exact) mass is 237 g/mol. The Bertz CT molecular complexity index is 327. The fourth-order valence-corrected chi connectivity index (χ4v) is 3.02. The number of rotatable bonds is 5. The van der Waals surface area contributed by atoms with Crippen LogP contribution in [0.5, 0.6) is 5.75 Å². The number of benzene rings is 1. The van der Waals surface area contributed by atoms with Crippen molar-refractivity contribution in [2.75, 3.05) is 12.8 Å². The van der Waals surface area contributed by atoms with Crippen LogP contribution in [0.1, 0.15) is 24.8 Å². The molecule has 0 bridgehead atoms. The summed E-state index contributed by atoms with van der Waals surface area (Å²) in [4.78, 5) is 0. The van der Waals surface area contributed by atoms with Crippen LogP contribution in [0.15, 0.2) is 24.3 Å². The van der Waals surface area contributed by atoms with Gasteiger partial charge < -0.3 is 10.4 Å². The van der Waals surface area contributed by atoms with Gasteiger partial charge in [-0.2, -0.15) is 11.8 Å². The molecule has 0 atom stereocenters. The highest BCUT2D eigenvalue weighted by molar-refractivity contribution is 8.00. The van der Waals surface area contributed by atoms with Crippen molar-refractivity contribution in [1.29, 1.82) is 0 Å². The van der Waals surface area contributed by atoms with Crippen LogP contribution < -0.4 is 5.32 Å². The minimum Gasteiger partial charge on any atom is -0.508 e. The van der Waals surface area contributed by atoms with Crippen LogP contribution in [0.25, 0.3) is 0 Å². The Morgan fingerprint density at radius 1 is 1.31 bits per heavy atom. The fourth-order valence-electron chi connectivity index (χ4n) is 2.07. The predicted molar refractivity (Wildman–Crippen MR) is 69.9 cm³/mol. The van der Waals surface area contributed by atoms with E-state index in [4.69, 9.17) is 0 Å². The first-order valence-electron chi connectivity index (χ1n) is 5.78. The summed E-state index contributed by atoms with van der Waals surface area (Å²) in [7, 11) is 0. The van der Waals surface area contributed by atoms with Crippen LogP contribution in [-0.4, -0.2) is 22.7 Å². The van der Waals surface area contributed by atoms with E-state index in [-0.39, 0.29) is 0 Å². The first kappa shape index (κ1) is 11.8. The molecule has 1 aliphatic rings. The van der Waals surface area contributed by atoms with Crippen molar-refractivity contribution in [2.45, 2.75) is 30.6 Å². The van der Waals surface area contributed by atoms with Crippen molar-refractivity contribution < 1.29 is 5.11 Å². The molecule has 2 N–H and O–H groups in total. The van der Waals surface area contributed by atoms with E-state index in [0.717, 1.165) is 13.1 Å². The SMILES string of the molecule is CSC1(CNCc2ccc(O)cc2)CCC1. The molecule has 0 amide bonds. The molecule has 0 spiro atoms. The van der Waals surface area contributed by atoms with Gasteiger partial charge in [0.25, 0.3) is 0 Å². The average Bonchev–Trinajstić information content (AvgIpc) is 2.25. The maximum atomic E-state index is 9.17. The Balaban J connectivity index is 1.77. The van der Waals surface area contributed by atoms with Crippen molar-refractivity contribution in [1.82, 2.24) is 5.32 Å². The number of hydrogen-bond acceptors (Lipinski definition) is 3. The van der Waals surface area contributed by atoms with Gasteiger partial charge in [0.15, 0.2) is 0 Å². The van der Waals surface area contributed by atoms with Crippen molar-refractivity contribution >= 4 is 11.8 Å². The number of phenols is 1. The zero-order valence-electron chi connectivity index (χ0n) is 9.70. The second-order valence-electron chi connectivity index (χ2n) is 4.51. The second kappa shape index (κ2) is 5.11. The van der Waals surface area contributed by atoms with E-state index < -0.39 is 0 Å². The smallest absolute Gasteiger partial charge is 0.115 e. The molecular weight excluding hydrogens is 218 g/mol. The van der Waals surface area contributed by atoms with E-state index in [0.29, 0.717) is 10.5 Å². The van der Waals surface area contributed by atoms with E-state index in [1.165, 1.54) is 24.8 Å². The van der Waals surface area contributed by atoms with Crippen LogP contribution in [0.2, 0.25) is 0 Å². The summed E-state index contributed by atoms with van der Waals surface area (Å²) < 4.78 is 0.497. The zero-order chi connectivity index (χ0) is 11.4. The summed E-state index contributed by atoms with van der Waals surface area (Å²) >= 11 is 1.99. The van der Waals surface area contributed by atoms with E-state index in [2.05, 4.69) is 11.6 Å². The molecule has 88 valence electrons. The van der Waals surface area contributed by atoms with Gasteiger partial charge in [-0.05, 0) is 36.8 Å². The zero-order valence-corrected chi connectivity index (χ0v) is 10.5. The van der Waals surface area contributed by atoms with Gasteiger partial charge in [0.2, 0.25) is 0 Å². The van der Waals surface area contributed by atoms with Gasteiger partial charge in [0.05, 0.1) is 0 Å². The summed E-state index contributed by atoms with van der Waals surface area (Å²) in [5.41, 5.74) is 1.23. The number of nitrogens with one attached hydrogen (secondary N) is 1. The molecule has 1 aliphatic carbocycles. The Kier molecular flexibility index (Phi) is 3.77. The molecule has 0 saturated heterocycles. The molecule has 3 heteroatoms. The summed E-state index contributed by atoms with van der Waals surface area (Å²) in [5.74, 6) is 0.336. The van der Waals surface area contributed by atoms with Gasteiger partial charge in [-0.1, -0.05) is 18.6 Å². The minimum absolute atomic E-state index is 0.336. The lowest BCUT2D eigenvalue weighted by molar-refractivity contribution is 0.345. The van der Waals surface area contributed by atoms with Crippen molar-refractivity contribution in [3.63, 3.8) is 0 Å². The van der Waals surface area contributed by atoms with Crippen LogP contribution in [0.4, 0.5) is 0 Å². The van der Waals surface area contributed by atoms with Gasteiger partial charge in [-0.3, -0.25) is 0 Å². The average molecular weight is 237 g/mol. The van der Waals surface area contributed by atoms with E-state index in [1.807, 2.05) is 23.9 Å². The normalized spacial score (nSPS) is 18.1. The molecule has 0 heterocycles. The highest BCUT2D eigenvalue weighted by Gasteiger charge is 2.35. The maximum Gasteiger partial charge on any atom is 0.115 e. The Morgan fingerprint density at radius 3 is 2.50 bits per heavy atom. The first-order valence-corrected chi connectivity index (χ1v) is 7.00. The summed E-state index contributed by atoms with van der Waals surface area (Å²) in [6, 6.07) is 7.42. The molecule has 16 heavy (non-hydrogen) atoms. The minimum atomic E-state index is 0.336. The van der Waals surface area contributed by atoms with Crippen LogP contribution in [-0.2, 0) is 6.54 Å². The molecule has 0 unspecified atom stereocenters. The molecule has 1 aromatic rings. The van der Waals surface area contributed by atoms with Gasteiger partial charge in [-0.15, -0.1) is 0 Å². The van der Waals surface area contributed by atoms with Gasteiger partial charge >= 0.3 is 0 Å². The Labute approximate surface area is 101 Å². The number of phenolic OH excluding ortho intramolecular Hbond substituents is 1. The van der Waals surface area contributed by atoms with Gasteiger partial charge in [0, 0.05) is 17.8 Å². The van der Waals surface area contributed by atoms with Crippen LogP contribution in [0.3, 0.4) is 0 Å². The maximum absolute atomic E-state index is 9.17. The molecule has 2 nitrogen and oxygen atoms in total. The second-order valence-corrected chi connectivity index (χ2v) is 5.78. The third-order valence-electron chi connectivity index (χ3n) is 3.41. The van der Waals surface area contributed by atoms with Crippen LogP contribution in [0, 0.1) is 0 Å². The fraction of sp³-hybridized carbons (Fsp3) is 0.538. The van der Waals surface area contributed by atoms with Crippen molar-refractivity contribution in [3.05, 3.63) is 29.8 Å². The molecular formula is C13H19NOS. The van der Waals surface area contributed by atoms with Gasteiger partial charge in [-0.25, -0.2) is 0 Å².